The van der Waals surface area contributed by atoms with E-state index in [1.807, 2.05) is 27.7 Å². The summed E-state index contributed by atoms with van der Waals surface area (Å²) in [5.74, 6) is 0. The summed E-state index contributed by atoms with van der Waals surface area (Å²) in [4.78, 5) is 0. The molecule has 1 heterocycles. The van der Waals surface area contributed by atoms with Crippen molar-refractivity contribution in [3.8, 4) is 0 Å². The maximum atomic E-state index is 12.4. The minimum Gasteiger partial charge on any atom is -0.313 e. The van der Waals surface area contributed by atoms with Gasteiger partial charge in [0, 0.05) is 30.9 Å². The van der Waals surface area contributed by atoms with Crippen molar-refractivity contribution >= 4 is 10.0 Å². The molecule has 6 nitrogen and oxygen atoms in total. The lowest BCUT2D eigenvalue weighted by molar-refractivity contribution is 0.408. The van der Waals surface area contributed by atoms with E-state index >= 15 is 0 Å². The molecule has 0 aliphatic carbocycles. The highest BCUT2D eigenvalue weighted by molar-refractivity contribution is 7.89. The third-order valence-corrected chi connectivity index (χ3v) is 4.94. The van der Waals surface area contributed by atoms with Gasteiger partial charge in [-0.1, -0.05) is 6.92 Å². The second-order valence-electron chi connectivity index (χ2n) is 4.53. The normalized spacial score (nSPS) is 12.6. The molecular formula is C11H22N4O2S. The van der Waals surface area contributed by atoms with E-state index in [-0.39, 0.29) is 11.1 Å². The number of nitrogens with one attached hydrogen (secondary N) is 2. The molecule has 0 aliphatic rings. The molecule has 0 unspecified atom stereocenters. The topological polar surface area (TPSA) is 78.1 Å². The summed E-state index contributed by atoms with van der Waals surface area (Å²) in [6.45, 7) is 8.75. The van der Waals surface area contributed by atoms with Crippen LogP contribution in [0.2, 0.25) is 0 Å². The van der Waals surface area contributed by atoms with Crippen molar-refractivity contribution in [1.82, 2.24) is 19.8 Å². The lowest BCUT2D eigenvalue weighted by atomic mass is 10.2. The highest BCUT2D eigenvalue weighted by atomic mass is 32.2. The lowest BCUT2D eigenvalue weighted by Gasteiger charge is -2.20. The number of aromatic nitrogens is 2. The first-order valence-electron chi connectivity index (χ1n) is 6.05. The van der Waals surface area contributed by atoms with Crippen LogP contribution in [0, 0.1) is 6.92 Å². The summed E-state index contributed by atoms with van der Waals surface area (Å²) in [6.07, 6.45) is 0. The van der Waals surface area contributed by atoms with Gasteiger partial charge in [0.2, 0.25) is 0 Å². The zero-order chi connectivity index (χ0) is 13.9. The molecule has 0 spiro atoms. The van der Waals surface area contributed by atoms with Crippen LogP contribution < -0.4 is 5.32 Å². The quantitative estimate of drug-likeness (QED) is 0.806. The smallest absolute Gasteiger partial charge is 0.262 e. The van der Waals surface area contributed by atoms with E-state index in [0.717, 1.165) is 12.2 Å². The van der Waals surface area contributed by atoms with Gasteiger partial charge in [-0.15, -0.1) is 0 Å². The molecule has 18 heavy (non-hydrogen) atoms. The molecule has 7 heteroatoms. The van der Waals surface area contributed by atoms with E-state index in [9.17, 15) is 8.42 Å². The second-order valence-corrected chi connectivity index (χ2v) is 6.44. The fourth-order valence-corrected chi connectivity index (χ4v) is 3.04. The van der Waals surface area contributed by atoms with Crippen molar-refractivity contribution in [3.05, 3.63) is 11.3 Å². The number of hydrogen-bond acceptors (Lipinski definition) is 4. The van der Waals surface area contributed by atoms with Crippen LogP contribution in [0.4, 0.5) is 0 Å². The van der Waals surface area contributed by atoms with Gasteiger partial charge < -0.3 is 5.32 Å². The van der Waals surface area contributed by atoms with Gasteiger partial charge in [0.15, 0.2) is 5.03 Å². The highest BCUT2D eigenvalue weighted by Gasteiger charge is 2.29. The highest BCUT2D eigenvalue weighted by Crippen LogP contribution is 2.20. The van der Waals surface area contributed by atoms with Gasteiger partial charge in [-0.05, 0) is 27.3 Å². The lowest BCUT2D eigenvalue weighted by Crippen LogP contribution is -2.34. The first kappa shape index (κ1) is 15.1. The molecule has 0 aliphatic heterocycles. The Morgan fingerprint density at radius 3 is 2.56 bits per heavy atom. The van der Waals surface area contributed by atoms with Crippen molar-refractivity contribution in [1.29, 1.82) is 0 Å². The molecule has 0 saturated carbocycles. The van der Waals surface area contributed by atoms with E-state index in [4.69, 9.17) is 0 Å². The average Bonchev–Trinajstić information content (AvgIpc) is 2.67. The standard InChI is InChI=1S/C11H22N4O2S/c1-6-12-7-10-9(4)13-14-11(10)18(16,17)15(5)8(2)3/h8,12H,6-7H2,1-5H3,(H,13,14). The third-order valence-electron chi connectivity index (χ3n) is 2.94. The van der Waals surface area contributed by atoms with E-state index in [1.165, 1.54) is 4.31 Å². The first-order valence-corrected chi connectivity index (χ1v) is 7.49. The summed E-state index contributed by atoms with van der Waals surface area (Å²) < 4.78 is 26.1. The number of aromatic amines is 1. The second kappa shape index (κ2) is 5.81. The zero-order valence-electron chi connectivity index (χ0n) is 11.6. The Balaban J connectivity index is 3.17. The van der Waals surface area contributed by atoms with Gasteiger partial charge in [0.1, 0.15) is 0 Å². The summed E-state index contributed by atoms with van der Waals surface area (Å²) in [6, 6.07) is -0.0982. The molecule has 1 rings (SSSR count). The van der Waals surface area contributed by atoms with E-state index in [0.29, 0.717) is 12.1 Å². The summed E-state index contributed by atoms with van der Waals surface area (Å²) in [5.41, 5.74) is 1.50. The van der Waals surface area contributed by atoms with Crippen LogP contribution in [0.15, 0.2) is 5.03 Å². The van der Waals surface area contributed by atoms with Gasteiger partial charge in [-0.3, -0.25) is 5.10 Å². The maximum absolute atomic E-state index is 12.4. The van der Waals surface area contributed by atoms with Gasteiger partial charge in [0.05, 0.1) is 0 Å². The Hall–Kier alpha value is -0.920. The molecule has 0 radical (unpaired) electrons. The molecule has 0 atom stereocenters. The van der Waals surface area contributed by atoms with Crippen LogP contribution in [0.3, 0.4) is 0 Å². The molecule has 1 aromatic heterocycles. The number of sulfonamides is 1. The molecule has 104 valence electrons. The van der Waals surface area contributed by atoms with Crippen LogP contribution in [0.25, 0.3) is 0 Å². The number of rotatable bonds is 6. The zero-order valence-corrected chi connectivity index (χ0v) is 12.4. The van der Waals surface area contributed by atoms with Crippen molar-refractivity contribution in [2.75, 3.05) is 13.6 Å². The first-order chi connectivity index (χ1) is 8.32. The predicted molar refractivity (Wildman–Crippen MR) is 70.8 cm³/mol. The van der Waals surface area contributed by atoms with E-state index in [1.54, 1.807) is 7.05 Å². The van der Waals surface area contributed by atoms with Crippen molar-refractivity contribution in [2.24, 2.45) is 0 Å². The van der Waals surface area contributed by atoms with Crippen molar-refractivity contribution in [2.45, 2.75) is 45.3 Å². The fraction of sp³-hybridized carbons (Fsp3) is 0.727. The van der Waals surface area contributed by atoms with E-state index in [2.05, 4.69) is 15.5 Å². The summed E-state index contributed by atoms with van der Waals surface area (Å²) in [7, 11) is -1.96. The van der Waals surface area contributed by atoms with Gasteiger partial charge in [-0.25, -0.2) is 8.42 Å². The number of hydrogen-bond donors (Lipinski definition) is 2. The minimum atomic E-state index is -3.53. The monoisotopic (exact) mass is 274 g/mol. The van der Waals surface area contributed by atoms with Gasteiger partial charge >= 0.3 is 0 Å². The Morgan fingerprint density at radius 2 is 2.06 bits per heavy atom. The predicted octanol–water partition coefficient (Wildman–Crippen LogP) is 0.857. The van der Waals surface area contributed by atoms with Gasteiger partial charge in [-0.2, -0.15) is 9.40 Å². The minimum absolute atomic E-state index is 0.0982. The Kier molecular flexibility index (Phi) is 4.89. The van der Waals surface area contributed by atoms with Crippen LogP contribution in [0.1, 0.15) is 32.0 Å². The van der Waals surface area contributed by atoms with Crippen LogP contribution in [0.5, 0.6) is 0 Å². The van der Waals surface area contributed by atoms with Crippen molar-refractivity contribution < 1.29 is 8.42 Å². The molecule has 0 fully saturated rings. The average molecular weight is 274 g/mol. The molecule has 0 amide bonds. The molecular weight excluding hydrogens is 252 g/mol. The Morgan fingerprint density at radius 1 is 1.44 bits per heavy atom. The molecule has 0 aromatic carbocycles. The Bertz CT molecular complexity index is 493. The largest absolute Gasteiger partial charge is 0.313 e. The third kappa shape index (κ3) is 2.90. The number of nitrogens with zero attached hydrogens (tertiary/aromatic N) is 2. The molecule has 0 bridgehead atoms. The van der Waals surface area contributed by atoms with E-state index < -0.39 is 10.0 Å². The van der Waals surface area contributed by atoms with Crippen LogP contribution in [-0.4, -0.2) is 42.6 Å². The Labute approximate surface area is 109 Å². The summed E-state index contributed by atoms with van der Waals surface area (Å²) in [5, 5.41) is 9.95. The SMILES string of the molecule is CCNCc1c(S(=O)(=O)N(C)C(C)C)n[nH]c1C. The fourth-order valence-electron chi connectivity index (χ4n) is 1.52. The molecule has 1 aromatic rings. The summed E-state index contributed by atoms with van der Waals surface area (Å²) >= 11 is 0. The molecule has 0 saturated heterocycles. The number of H-pyrrole nitrogens is 1. The molecule has 2 N–H and O–H groups in total. The maximum Gasteiger partial charge on any atom is 0.262 e. The number of aryl methyl sites for hydroxylation is 1. The van der Waals surface area contributed by atoms with Crippen LogP contribution >= 0.6 is 0 Å². The van der Waals surface area contributed by atoms with Crippen LogP contribution in [-0.2, 0) is 16.6 Å². The van der Waals surface area contributed by atoms with Crippen molar-refractivity contribution in [3.63, 3.8) is 0 Å². The van der Waals surface area contributed by atoms with Gasteiger partial charge in [0.25, 0.3) is 10.0 Å².